The molecule has 0 fully saturated rings. The summed E-state index contributed by atoms with van der Waals surface area (Å²) >= 11 is 1.48. The maximum atomic E-state index is 11.2. The summed E-state index contributed by atoms with van der Waals surface area (Å²) in [4.78, 5) is 24.7. The molecule has 2 heterocycles. The fraction of sp³-hybridized carbons (Fsp3) is 0.133. The molecular weight excluding hydrogens is 314 g/mol. The second-order valence-corrected chi connectivity index (χ2v) is 5.72. The van der Waals surface area contributed by atoms with E-state index < -0.39 is 4.92 Å². The lowest BCUT2D eigenvalue weighted by Gasteiger charge is -2.03. The van der Waals surface area contributed by atoms with Crippen molar-refractivity contribution in [3.8, 4) is 22.0 Å². The van der Waals surface area contributed by atoms with Crippen LogP contribution in [0.4, 0.5) is 10.8 Å². The Morgan fingerprint density at radius 2 is 2.00 bits per heavy atom. The van der Waals surface area contributed by atoms with Gasteiger partial charge in [-0.1, -0.05) is 23.5 Å². The number of aromatic nitrogens is 3. The molecule has 7 nitrogen and oxygen atoms in total. The molecule has 0 unspecified atom stereocenters. The summed E-state index contributed by atoms with van der Waals surface area (Å²) in [6.07, 6.45) is 1.60. The van der Waals surface area contributed by atoms with E-state index in [0.29, 0.717) is 17.1 Å². The highest BCUT2D eigenvalue weighted by atomic mass is 32.1. The van der Waals surface area contributed by atoms with Gasteiger partial charge in [-0.25, -0.2) is 15.0 Å². The molecule has 1 aromatic carbocycles. The van der Waals surface area contributed by atoms with Crippen molar-refractivity contribution in [1.82, 2.24) is 15.0 Å². The number of aryl methyl sites for hydroxylation is 1. The number of nitrogens with zero attached hydrogens (tertiary/aromatic N) is 4. The quantitative estimate of drug-likeness (QED) is 0.582. The summed E-state index contributed by atoms with van der Waals surface area (Å²) in [7, 11) is 1.81. The lowest BCUT2D eigenvalue weighted by Crippen LogP contribution is -1.96. The Balaban J connectivity index is 2.11. The van der Waals surface area contributed by atoms with Crippen LogP contribution >= 0.6 is 11.3 Å². The van der Waals surface area contributed by atoms with Crippen molar-refractivity contribution in [2.45, 2.75) is 6.92 Å². The smallest absolute Gasteiger partial charge is 0.280 e. The van der Waals surface area contributed by atoms with Crippen LogP contribution in [-0.4, -0.2) is 26.9 Å². The minimum atomic E-state index is -0.428. The fourth-order valence-corrected chi connectivity index (χ4v) is 3.07. The van der Waals surface area contributed by atoms with Gasteiger partial charge in [-0.15, -0.1) is 0 Å². The van der Waals surface area contributed by atoms with E-state index in [0.717, 1.165) is 15.7 Å². The van der Waals surface area contributed by atoms with Crippen LogP contribution in [-0.2, 0) is 0 Å². The number of para-hydroxylation sites is 1. The number of thiazole rings is 1. The molecule has 0 aliphatic carbocycles. The number of rotatable bonds is 4. The minimum absolute atomic E-state index is 0.0124. The molecule has 0 amide bonds. The first kappa shape index (κ1) is 15.0. The third-order valence-corrected chi connectivity index (χ3v) is 4.44. The van der Waals surface area contributed by atoms with Crippen molar-refractivity contribution in [1.29, 1.82) is 0 Å². The first-order valence-electron chi connectivity index (χ1n) is 6.82. The molecule has 0 spiro atoms. The van der Waals surface area contributed by atoms with Crippen molar-refractivity contribution in [3.05, 3.63) is 52.3 Å². The second kappa shape index (κ2) is 6.09. The van der Waals surface area contributed by atoms with E-state index in [1.165, 1.54) is 17.4 Å². The van der Waals surface area contributed by atoms with E-state index in [1.54, 1.807) is 37.5 Å². The summed E-state index contributed by atoms with van der Waals surface area (Å²) in [5.41, 5.74) is 1.94. The molecular formula is C15H13N5O2S. The number of nitro groups is 1. The zero-order valence-corrected chi connectivity index (χ0v) is 13.3. The molecule has 0 bridgehead atoms. The molecule has 0 radical (unpaired) electrons. The Hall–Kier alpha value is -2.87. The van der Waals surface area contributed by atoms with Gasteiger partial charge in [0.2, 0.25) is 0 Å². The zero-order valence-electron chi connectivity index (χ0n) is 12.5. The van der Waals surface area contributed by atoms with Gasteiger partial charge in [0.15, 0.2) is 11.0 Å². The molecule has 0 aliphatic heterocycles. The van der Waals surface area contributed by atoms with E-state index in [9.17, 15) is 10.1 Å². The van der Waals surface area contributed by atoms with Crippen LogP contribution in [0.25, 0.3) is 22.0 Å². The standard InChI is InChI=1S/C15H13N5O2S/c1-9-13(23-15(16-2)18-9)11-7-8-17-14(19-11)10-5-3-4-6-12(10)20(21)22/h3-8H,1-2H3,(H,16,18). The molecule has 23 heavy (non-hydrogen) atoms. The van der Waals surface area contributed by atoms with Crippen molar-refractivity contribution in [2.24, 2.45) is 0 Å². The molecule has 0 saturated carbocycles. The minimum Gasteiger partial charge on any atom is -0.365 e. The van der Waals surface area contributed by atoms with Crippen LogP contribution in [0.3, 0.4) is 0 Å². The molecule has 0 atom stereocenters. The van der Waals surface area contributed by atoms with E-state index in [4.69, 9.17) is 0 Å². The summed E-state index contributed by atoms with van der Waals surface area (Å²) in [6.45, 7) is 1.90. The predicted octanol–water partition coefficient (Wildman–Crippen LogP) is 3.53. The van der Waals surface area contributed by atoms with Crippen molar-refractivity contribution in [3.63, 3.8) is 0 Å². The monoisotopic (exact) mass is 327 g/mol. The lowest BCUT2D eigenvalue weighted by molar-refractivity contribution is -0.384. The van der Waals surface area contributed by atoms with Gasteiger partial charge in [0.05, 0.1) is 26.8 Å². The van der Waals surface area contributed by atoms with Crippen LogP contribution in [0, 0.1) is 17.0 Å². The van der Waals surface area contributed by atoms with Gasteiger partial charge in [0.1, 0.15) is 0 Å². The zero-order chi connectivity index (χ0) is 16.4. The third kappa shape index (κ3) is 2.88. The van der Waals surface area contributed by atoms with Gasteiger partial charge in [-0.2, -0.15) is 0 Å². The van der Waals surface area contributed by atoms with Crippen LogP contribution in [0.2, 0.25) is 0 Å². The number of nitrogens with one attached hydrogen (secondary N) is 1. The van der Waals surface area contributed by atoms with Gasteiger partial charge >= 0.3 is 0 Å². The fourth-order valence-electron chi connectivity index (χ4n) is 2.18. The third-order valence-electron chi connectivity index (χ3n) is 3.24. The number of hydrogen-bond acceptors (Lipinski definition) is 7. The first-order valence-corrected chi connectivity index (χ1v) is 7.64. The summed E-state index contributed by atoms with van der Waals surface area (Å²) < 4.78 is 0. The first-order chi connectivity index (χ1) is 11.1. The maximum Gasteiger partial charge on any atom is 0.280 e. The van der Waals surface area contributed by atoms with E-state index >= 15 is 0 Å². The van der Waals surface area contributed by atoms with Gasteiger partial charge < -0.3 is 5.32 Å². The SMILES string of the molecule is CNc1nc(C)c(-c2ccnc(-c3ccccc3[N+](=O)[O-])n2)s1. The van der Waals surface area contributed by atoms with Crippen LogP contribution in [0.5, 0.6) is 0 Å². The molecule has 2 aromatic heterocycles. The predicted molar refractivity (Wildman–Crippen MR) is 89.5 cm³/mol. The normalized spacial score (nSPS) is 10.5. The molecule has 0 saturated heterocycles. The highest BCUT2D eigenvalue weighted by molar-refractivity contribution is 7.19. The molecule has 3 rings (SSSR count). The van der Waals surface area contributed by atoms with Crippen molar-refractivity contribution >= 4 is 22.2 Å². The average Bonchev–Trinajstić information content (AvgIpc) is 2.96. The number of anilines is 1. The number of hydrogen-bond donors (Lipinski definition) is 1. The van der Waals surface area contributed by atoms with Crippen LogP contribution in [0.15, 0.2) is 36.5 Å². The van der Waals surface area contributed by atoms with E-state index in [2.05, 4.69) is 20.3 Å². The van der Waals surface area contributed by atoms with Gasteiger partial charge in [0.25, 0.3) is 5.69 Å². The Labute approximate surface area is 136 Å². The Morgan fingerprint density at radius 3 is 2.70 bits per heavy atom. The Kier molecular flexibility index (Phi) is 3.98. The Bertz CT molecular complexity index is 878. The largest absolute Gasteiger partial charge is 0.365 e. The molecule has 116 valence electrons. The molecule has 1 N–H and O–H groups in total. The van der Waals surface area contributed by atoms with Crippen molar-refractivity contribution < 1.29 is 4.92 Å². The van der Waals surface area contributed by atoms with Gasteiger partial charge in [-0.3, -0.25) is 10.1 Å². The van der Waals surface area contributed by atoms with Gasteiger partial charge in [-0.05, 0) is 19.1 Å². The summed E-state index contributed by atoms with van der Waals surface area (Å²) in [5.74, 6) is 0.327. The van der Waals surface area contributed by atoms with Crippen LogP contribution in [0.1, 0.15) is 5.69 Å². The summed E-state index contributed by atoms with van der Waals surface area (Å²) in [6, 6.07) is 8.23. The maximum absolute atomic E-state index is 11.2. The average molecular weight is 327 g/mol. The number of nitro benzene ring substituents is 1. The highest BCUT2D eigenvalue weighted by Crippen LogP contribution is 2.33. The van der Waals surface area contributed by atoms with Crippen molar-refractivity contribution in [2.75, 3.05) is 12.4 Å². The molecule has 8 heteroatoms. The Morgan fingerprint density at radius 1 is 1.22 bits per heavy atom. The van der Waals surface area contributed by atoms with Gasteiger partial charge in [0, 0.05) is 19.3 Å². The van der Waals surface area contributed by atoms with Crippen LogP contribution < -0.4 is 5.32 Å². The molecule has 3 aromatic rings. The second-order valence-electron chi connectivity index (χ2n) is 4.72. The highest BCUT2D eigenvalue weighted by Gasteiger charge is 2.18. The molecule has 0 aliphatic rings. The summed E-state index contributed by atoms with van der Waals surface area (Å²) in [5, 5.41) is 15.0. The van der Waals surface area contributed by atoms with E-state index in [1.807, 2.05) is 6.92 Å². The topological polar surface area (TPSA) is 93.8 Å². The number of benzene rings is 1. The lowest BCUT2D eigenvalue weighted by atomic mass is 10.1. The van der Waals surface area contributed by atoms with E-state index in [-0.39, 0.29) is 5.69 Å².